The first-order chi connectivity index (χ1) is 13.6. The Kier molecular flexibility index (Phi) is 6.19. The molecule has 2 N–H and O–H groups in total. The van der Waals surface area contributed by atoms with Crippen LogP contribution >= 0.6 is 0 Å². The molecule has 0 aromatic heterocycles. The summed E-state index contributed by atoms with van der Waals surface area (Å²) in [6, 6.07) is 9.90. The van der Waals surface area contributed by atoms with Crippen molar-refractivity contribution in [1.29, 1.82) is 0 Å². The number of hydrogen-bond acceptors (Lipinski definition) is 4. The quantitative estimate of drug-likeness (QED) is 0.566. The highest BCUT2D eigenvalue weighted by molar-refractivity contribution is 7.89. The Morgan fingerprint density at radius 1 is 0.759 bits per heavy atom. The van der Waals surface area contributed by atoms with Crippen molar-refractivity contribution in [1.82, 2.24) is 9.44 Å². The number of fused-ring (bicyclic) bond motifs is 3. The Morgan fingerprint density at radius 3 is 1.48 bits per heavy atom. The minimum absolute atomic E-state index is 0.142. The average Bonchev–Trinajstić information content (AvgIpc) is 3.04. The van der Waals surface area contributed by atoms with E-state index in [4.69, 9.17) is 0 Å². The average molecular weight is 437 g/mol. The van der Waals surface area contributed by atoms with Crippen LogP contribution in [0.5, 0.6) is 0 Å². The van der Waals surface area contributed by atoms with Gasteiger partial charge in [0.25, 0.3) is 0 Å². The lowest BCUT2D eigenvalue weighted by Gasteiger charge is -2.13. The van der Waals surface area contributed by atoms with Crippen molar-refractivity contribution in [3.8, 4) is 11.1 Å². The monoisotopic (exact) mass is 436 g/mol. The van der Waals surface area contributed by atoms with Gasteiger partial charge >= 0.3 is 0 Å². The smallest absolute Gasteiger partial charge is 0.208 e. The van der Waals surface area contributed by atoms with Crippen molar-refractivity contribution >= 4 is 20.0 Å². The van der Waals surface area contributed by atoms with E-state index in [1.165, 1.54) is 0 Å². The van der Waals surface area contributed by atoms with Crippen LogP contribution in [0, 0.1) is 0 Å². The Balaban J connectivity index is 1.91. The molecule has 3 rings (SSSR count). The fourth-order valence-electron chi connectivity index (χ4n) is 3.33. The number of sulfonamides is 2. The molecular weight excluding hydrogens is 408 g/mol. The van der Waals surface area contributed by atoms with Crippen molar-refractivity contribution in [3.63, 3.8) is 0 Å². The second kappa shape index (κ2) is 8.18. The zero-order valence-electron chi connectivity index (χ0n) is 17.2. The molecule has 6 nitrogen and oxygen atoms in total. The van der Waals surface area contributed by atoms with Crippen LogP contribution in [0.1, 0.15) is 51.7 Å². The predicted molar refractivity (Wildman–Crippen MR) is 115 cm³/mol. The van der Waals surface area contributed by atoms with E-state index in [1.807, 2.05) is 27.7 Å². The minimum Gasteiger partial charge on any atom is -0.208 e. The van der Waals surface area contributed by atoms with Crippen molar-refractivity contribution in [2.45, 2.75) is 68.8 Å². The van der Waals surface area contributed by atoms with E-state index in [0.29, 0.717) is 19.3 Å². The molecule has 29 heavy (non-hydrogen) atoms. The normalized spacial score (nSPS) is 15.6. The standard InChI is InChI=1S/C21H28N2O4S2/c1-5-14(3)22-28(24,25)18-7-9-20-16(12-18)11-17-13-19(8-10-21(17)20)29(26,27)23-15(4)6-2/h7-10,12-15,22-23H,5-6,11H2,1-4H3. The lowest BCUT2D eigenvalue weighted by atomic mass is 10.1. The van der Waals surface area contributed by atoms with Crippen LogP contribution in [0.2, 0.25) is 0 Å². The minimum atomic E-state index is -3.58. The molecular formula is C21H28N2O4S2. The largest absolute Gasteiger partial charge is 0.240 e. The maximum atomic E-state index is 12.6. The summed E-state index contributed by atoms with van der Waals surface area (Å²) >= 11 is 0. The Bertz CT molecular complexity index is 1040. The second-order valence-electron chi connectivity index (χ2n) is 7.68. The van der Waals surface area contributed by atoms with Gasteiger partial charge in [-0.1, -0.05) is 26.0 Å². The van der Waals surface area contributed by atoms with Gasteiger partial charge in [0.05, 0.1) is 9.79 Å². The molecule has 158 valence electrons. The highest BCUT2D eigenvalue weighted by Crippen LogP contribution is 2.38. The molecule has 0 aliphatic heterocycles. The molecule has 2 aromatic rings. The predicted octanol–water partition coefficient (Wildman–Crippen LogP) is 3.41. The summed E-state index contributed by atoms with van der Waals surface area (Å²) in [5, 5.41) is 0. The lowest BCUT2D eigenvalue weighted by molar-refractivity contribution is 0.554. The summed E-state index contributed by atoms with van der Waals surface area (Å²) in [6.45, 7) is 7.51. The molecule has 0 bridgehead atoms. The van der Waals surface area contributed by atoms with Gasteiger partial charge in [0.2, 0.25) is 20.0 Å². The summed E-state index contributed by atoms with van der Waals surface area (Å²) < 4.78 is 55.7. The Labute approximate surface area is 173 Å². The van der Waals surface area contributed by atoms with Gasteiger partial charge in [-0.2, -0.15) is 0 Å². The molecule has 0 radical (unpaired) electrons. The van der Waals surface area contributed by atoms with E-state index in [9.17, 15) is 16.8 Å². The zero-order valence-corrected chi connectivity index (χ0v) is 18.8. The van der Waals surface area contributed by atoms with Gasteiger partial charge in [-0.25, -0.2) is 26.3 Å². The third-order valence-electron chi connectivity index (χ3n) is 5.38. The molecule has 2 unspecified atom stereocenters. The van der Waals surface area contributed by atoms with Crippen molar-refractivity contribution in [2.75, 3.05) is 0 Å². The van der Waals surface area contributed by atoms with Crippen molar-refractivity contribution in [2.24, 2.45) is 0 Å². The van der Waals surface area contributed by atoms with E-state index in [1.54, 1.807) is 36.4 Å². The topological polar surface area (TPSA) is 92.3 Å². The first-order valence-corrected chi connectivity index (χ1v) is 12.8. The molecule has 2 aromatic carbocycles. The molecule has 0 fully saturated rings. The van der Waals surface area contributed by atoms with Crippen LogP contribution in [-0.2, 0) is 26.5 Å². The van der Waals surface area contributed by atoms with Gasteiger partial charge in [-0.05, 0) is 79.6 Å². The van der Waals surface area contributed by atoms with E-state index in [-0.39, 0.29) is 21.9 Å². The summed E-state index contributed by atoms with van der Waals surface area (Å²) in [5.74, 6) is 0. The highest BCUT2D eigenvalue weighted by atomic mass is 32.2. The molecule has 0 saturated carbocycles. The van der Waals surface area contributed by atoms with Crippen molar-refractivity contribution < 1.29 is 16.8 Å². The van der Waals surface area contributed by atoms with E-state index in [0.717, 1.165) is 22.3 Å². The third-order valence-corrected chi connectivity index (χ3v) is 8.56. The summed E-state index contributed by atoms with van der Waals surface area (Å²) in [6.07, 6.45) is 1.92. The van der Waals surface area contributed by atoms with Gasteiger partial charge in [-0.3, -0.25) is 0 Å². The number of nitrogens with one attached hydrogen (secondary N) is 2. The van der Waals surface area contributed by atoms with E-state index >= 15 is 0 Å². The molecule has 0 spiro atoms. The number of rotatable bonds is 8. The summed E-state index contributed by atoms with van der Waals surface area (Å²) in [7, 11) is -7.17. The van der Waals surface area contributed by atoms with Crippen LogP contribution in [0.4, 0.5) is 0 Å². The summed E-state index contributed by atoms with van der Waals surface area (Å²) in [5.41, 5.74) is 3.66. The molecule has 0 amide bonds. The van der Waals surface area contributed by atoms with Crippen molar-refractivity contribution in [3.05, 3.63) is 47.5 Å². The molecule has 1 aliphatic rings. The van der Waals surface area contributed by atoms with Crippen LogP contribution < -0.4 is 9.44 Å². The third kappa shape index (κ3) is 4.55. The molecule has 1 aliphatic carbocycles. The molecule has 2 atom stereocenters. The molecule has 0 heterocycles. The lowest BCUT2D eigenvalue weighted by Crippen LogP contribution is -2.32. The highest BCUT2D eigenvalue weighted by Gasteiger charge is 2.25. The van der Waals surface area contributed by atoms with E-state index < -0.39 is 20.0 Å². The number of hydrogen-bond donors (Lipinski definition) is 2. The van der Waals surface area contributed by atoms with Gasteiger partial charge < -0.3 is 0 Å². The second-order valence-corrected chi connectivity index (χ2v) is 11.1. The van der Waals surface area contributed by atoms with Gasteiger partial charge in [0.15, 0.2) is 0 Å². The van der Waals surface area contributed by atoms with E-state index in [2.05, 4.69) is 9.44 Å². The number of benzene rings is 2. The first kappa shape index (κ1) is 22.0. The van der Waals surface area contributed by atoms with Crippen LogP contribution in [0.3, 0.4) is 0 Å². The molecule has 0 saturated heterocycles. The fraction of sp³-hybridized carbons (Fsp3) is 0.429. The maximum Gasteiger partial charge on any atom is 0.240 e. The van der Waals surface area contributed by atoms with Crippen LogP contribution in [0.15, 0.2) is 46.2 Å². The van der Waals surface area contributed by atoms with Gasteiger partial charge in [0.1, 0.15) is 0 Å². The maximum absolute atomic E-state index is 12.6. The fourth-order valence-corrected chi connectivity index (χ4v) is 6.08. The van der Waals surface area contributed by atoms with Crippen LogP contribution in [-0.4, -0.2) is 28.9 Å². The zero-order chi connectivity index (χ0) is 21.4. The SMILES string of the molecule is CCC(C)NS(=O)(=O)c1ccc2c(c1)Cc1cc(S(=O)(=O)NC(C)CC)ccc1-2. The Hall–Kier alpha value is -1.74. The van der Waals surface area contributed by atoms with Crippen LogP contribution in [0.25, 0.3) is 11.1 Å². The Morgan fingerprint density at radius 2 is 1.14 bits per heavy atom. The molecule has 8 heteroatoms. The summed E-state index contributed by atoms with van der Waals surface area (Å²) in [4.78, 5) is 0.464. The van der Waals surface area contributed by atoms with Gasteiger partial charge in [0, 0.05) is 12.1 Å². The first-order valence-electron chi connectivity index (χ1n) is 9.88. The van der Waals surface area contributed by atoms with Gasteiger partial charge in [-0.15, -0.1) is 0 Å².